The van der Waals surface area contributed by atoms with Crippen LogP contribution in [-0.2, 0) is 17.6 Å². The summed E-state index contributed by atoms with van der Waals surface area (Å²) in [6, 6.07) is 9.11. The summed E-state index contributed by atoms with van der Waals surface area (Å²) in [5.41, 5.74) is 3.16. The van der Waals surface area contributed by atoms with Gasteiger partial charge in [-0.15, -0.1) is 0 Å². The fourth-order valence-electron chi connectivity index (χ4n) is 2.94. The van der Waals surface area contributed by atoms with Crippen LogP contribution in [0.2, 0.25) is 0 Å². The van der Waals surface area contributed by atoms with E-state index in [1.165, 1.54) is 17.5 Å². The Hall–Kier alpha value is -0.860. The molecule has 1 saturated heterocycles. The number of nitrogens with one attached hydrogen (secondary N) is 1. The van der Waals surface area contributed by atoms with E-state index in [1.807, 2.05) is 0 Å². The molecule has 0 aromatic heterocycles. The van der Waals surface area contributed by atoms with Gasteiger partial charge in [0.2, 0.25) is 0 Å². The molecule has 0 radical (unpaired) electrons. The van der Waals surface area contributed by atoms with Gasteiger partial charge in [-0.2, -0.15) is 0 Å². The predicted molar refractivity (Wildman–Crippen MR) is 85.1 cm³/mol. The van der Waals surface area contributed by atoms with E-state index in [0.29, 0.717) is 11.3 Å². The molecule has 2 rings (SSSR count). The van der Waals surface area contributed by atoms with Crippen molar-refractivity contribution in [2.24, 2.45) is 11.3 Å². The predicted octanol–water partition coefficient (Wildman–Crippen LogP) is 3.44. The molecule has 1 aliphatic rings. The Labute approximate surface area is 123 Å². The van der Waals surface area contributed by atoms with Gasteiger partial charge < -0.3 is 10.1 Å². The first-order chi connectivity index (χ1) is 9.63. The van der Waals surface area contributed by atoms with Crippen LogP contribution in [0.15, 0.2) is 24.3 Å². The summed E-state index contributed by atoms with van der Waals surface area (Å²) in [5, 5.41) is 3.63. The van der Waals surface area contributed by atoms with Crippen molar-refractivity contribution in [1.29, 1.82) is 0 Å². The minimum Gasteiger partial charge on any atom is -0.381 e. The zero-order valence-electron chi connectivity index (χ0n) is 13.2. The van der Waals surface area contributed by atoms with Gasteiger partial charge in [-0.25, -0.2) is 0 Å². The van der Waals surface area contributed by atoms with Crippen molar-refractivity contribution in [2.75, 3.05) is 26.3 Å². The van der Waals surface area contributed by atoms with E-state index in [0.717, 1.165) is 39.1 Å². The van der Waals surface area contributed by atoms with Crippen LogP contribution in [0.1, 0.15) is 38.3 Å². The van der Waals surface area contributed by atoms with Crippen molar-refractivity contribution < 1.29 is 4.74 Å². The number of hydrogen-bond donors (Lipinski definition) is 1. The first-order valence-corrected chi connectivity index (χ1v) is 8.00. The first kappa shape index (κ1) is 15.5. The van der Waals surface area contributed by atoms with Gasteiger partial charge in [-0.1, -0.05) is 45.0 Å². The van der Waals surface area contributed by atoms with E-state index in [4.69, 9.17) is 4.74 Å². The minimum absolute atomic E-state index is 0.294. The molecule has 20 heavy (non-hydrogen) atoms. The van der Waals surface area contributed by atoms with Gasteiger partial charge in [0.25, 0.3) is 0 Å². The number of rotatable bonds is 7. The van der Waals surface area contributed by atoms with Gasteiger partial charge in [-0.3, -0.25) is 0 Å². The molecule has 0 aliphatic carbocycles. The molecule has 1 aliphatic heterocycles. The van der Waals surface area contributed by atoms with E-state index in [1.54, 1.807) is 0 Å². The summed E-state index contributed by atoms with van der Waals surface area (Å²) >= 11 is 0. The molecule has 1 N–H and O–H groups in total. The summed E-state index contributed by atoms with van der Waals surface area (Å²) < 4.78 is 5.70. The van der Waals surface area contributed by atoms with Crippen molar-refractivity contribution in [3.8, 4) is 0 Å². The molecular formula is C18H29NO. The van der Waals surface area contributed by atoms with E-state index in [9.17, 15) is 0 Å². The van der Waals surface area contributed by atoms with E-state index in [-0.39, 0.29) is 0 Å². The highest BCUT2D eigenvalue weighted by atomic mass is 16.5. The minimum atomic E-state index is 0.294. The van der Waals surface area contributed by atoms with Crippen molar-refractivity contribution >= 4 is 0 Å². The molecule has 1 heterocycles. The normalized spacial score (nSPS) is 22.6. The Morgan fingerprint density at radius 2 is 1.90 bits per heavy atom. The molecule has 1 atom stereocenters. The van der Waals surface area contributed by atoms with Crippen LogP contribution in [-0.4, -0.2) is 26.3 Å². The molecule has 0 amide bonds. The third-order valence-corrected chi connectivity index (χ3v) is 4.25. The van der Waals surface area contributed by atoms with Gasteiger partial charge in [0.1, 0.15) is 0 Å². The highest BCUT2D eigenvalue weighted by Gasteiger charge is 2.34. The molecule has 0 bridgehead atoms. The smallest absolute Gasteiger partial charge is 0.0538 e. The summed E-state index contributed by atoms with van der Waals surface area (Å²) in [7, 11) is 0. The Kier molecular flexibility index (Phi) is 5.62. The Balaban J connectivity index is 1.96. The van der Waals surface area contributed by atoms with Gasteiger partial charge in [0, 0.05) is 18.6 Å². The maximum Gasteiger partial charge on any atom is 0.0538 e. The van der Waals surface area contributed by atoms with E-state index < -0.39 is 0 Å². The van der Waals surface area contributed by atoms with Crippen molar-refractivity contribution in [3.05, 3.63) is 35.4 Å². The van der Waals surface area contributed by atoms with Crippen LogP contribution in [0.3, 0.4) is 0 Å². The van der Waals surface area contributed by atoms with E-state index in [2.05, 4.69) is 50.4 Å². The second kappa shape index (κ2) is 7.24. The summed E-state index contributed by atoms with van der Waals surface area (Å²) in [6.45, 7) is 10.7. The average molecular weight is 275 g/mol. The lowest BCUT2D eigenvalue weighted by atomic mass is 9.80. The molecule has 2 heteroatoms. The maximum atomic E-state index is 5.70. The lowest BCUT2D eigenvalue weighted by molar-refractivity contribution is 0.148. The van der Waals surface area contributed by atoms with Crippen LogP contribution in [0.4, 0.5) is 0 Å². The highest BCUT2D eigenvalue weighted by Crippen LogP contribution is 2.32. The molecule has 2 nitrogen and oxygen atoms in total. The van der Waals surface area contributed by atoms with Crippen LogP contribution < -0.4 is 5.32 Å². The van der Waals surface area contributed by atoms with Crippen LogP contribution in [0.5, 0.6) is 0 Å². The quantitative estimate of drug-likeness (QED) is 0.823. The standard InChI is InChI=1S/C18H29NO/c1-4-16-5-7-17(8-6-16)11-18(9-10-20-14-18)13-19-12-15(2)3/h5-8,15,19H,4,9-14H2,1-3H3. The lowest BCUT2D eigenvalue weighted by Gasteiger charge is -2.28. The molecule has 1 fully saturated rings. The third kappa shape index (κ3) is 4.32. The summed E-state index contributed by atoms with van der Waals surface area (Å²) in [4.78, 5) is 0. The number of benzene rings is 1. The SMILES string of the molecule is CCc1ccc(CC2(CNCC(C)C)CCOC2)cc1. The van der Waals surface area contributed by atoms with Crippen molar-refractivity contribution in [2.45, 2.75) is 40.0 Å². The van der Waals surface area contributed by atoms with Crippen molar-refractivity contribution in [1.82, 2.24) is 5.32 Å². The topological polar surface area (TPSA) is 21.3 Å². The zero-order valence-corrected chi connectivity index (χ0v) is 13.2. The van der Waals surface area contributed by atoms with Crippen molar-refractivity contribution in [3.63, 3.8) is 0 Å². The zero-order chi connectivity index (χ0) is 14.4. The van der Waals surface area contributed by atoms with Crippen LogP contribution in [0, 0.1) is 11.3 Å². The number of ether oxygens (including phenoxy) is 1. The second-order valence-electron chi connectivity index (χ2n) is 6.67. The average Bonchev–Trinajstić information content (AvgIpc) is 2.88. The maximum absolute atomic E-state index is 5.70. The molecular weight excluding hydrogens is 246 g/mol. The number of hydrogen-bond acceptors (Lipinski definition) is 2. The van der Waals surface area contributed by atoms with Crippen LogP contribution >= 0.6 is 0 Å². The monoisotopic (exact) mass is 275 g/mol. The van der Waals surface area contributed by atoms with Gasteiger partial charge in [0.15, 0.2) is 0 Å². The fourth-order valence-corrected chi connectivity index (χ4v) is 2.94. The molecule has 0 saturated carbocycles. The Morgan fingerprint density at radius 3 is 2.45 bits per heavy atom. The van der Waals surface area contributed by atoms with Gasteiger partial charge in [-0.05, 0) is 42.9 Å². The lowest BCUT2D eigenvalue weighted by Crippen LogP contribution is -2.38. The van der Waals surface area contributed by atoms with E-state index >= 15 is 0 Å². The Bertz CT molecular complexity index is 390. The van der Waals surface area contributed by atoms with Gasteiger partial charge >= 0.3 is 0 Å². The fraction of sp³-hybridized carbons (Fsp3) is 0.667. The van der Waals surface area contributed by atoms with Gasteiger partial charge in [0.05, 0.1) is 6.61 Å². The highest BCUT2D eigenvalue weighted by molar-refractivity contribution is 5.23. The molecule has 0 spiro atoms. The van der Waals surface area contributed by atoms with Crippen LogP contribution in [0.25, 0.3) is 0 Å². The molecule has 1 unspecified atom stereocenters. The molecule has 112 valence electrons. The molecule has 1 aromatic rings. The first-order valence-electron chi connectivity index (χ1n) is 8.00. The summed E-state index contributed by atoms with van der Waals surface area (Å²) in [6.07, 6.45) is 3.42. The second-order valence-corrected chi connectivity index (χ2v) is 6.67. The molecule has 1 aromatic carbocycles. The Morgan fingerprint density at radius 1 is 1.20 bits per heavy atom. The third-order valence-electron chi connectivity index (χ3n) is 4.25. The largest absolute Gasteiger partial charge is 0.381 e. The number of aryl methyl sites for hydroxylation is 1. The summed E-state index contributed by atoms with van der Waals surface area (Å²) in [5.74, 6) is 0.707.